The minimum absolute atomic E-state index is 0.417. The molecule has 1 aromatic carbocycles. The molecule has 0 amide bonds. The van der Waals surface area contributed by atoms with Gasteiger partial charge in [-0.25, -0.2) is 4.79 Å². The fourth-order valence-corrected chi connectivity index (χ4v) is 0.985. The first kappa shape index (κ1) is 10.4. The van der Waals surface area contributed by atoms with Gasteiger partial charge in [-0.3, -0.25) is 0 Å². The van der Waals surface area contributed by atoms with E-state index in [9.17, 15) is 4.79 Å². The van der Waals surface area contributed by atoms with Gasteiger partial charge in [0, 0.05) is 0 Å². The highest BCUT2D eigenvalue weighted by molar-refractivity contribution is 5.72. The van der Waals surface area contributed by atoms with E-state index >= 15 is 0 Å². The van der Waals surface area contributed by atoms with E-state index < -0.39 is 12.1 Å². The second kappa shape index (κ2) is 4.00. The van der Waals surface area contributed by atoms with Crippen LogP contribution in [0.15, 0.2) is 18.2 Å². The predicted octanol–water partition coefficient (Wildman–Crippen LogP) is 1.43. The third-order valence-corrected chi connectivity index (χ3v) is 1.82. The molecular weight excluding hydrogens is 182 g/mol. The van der Waals surface area contributed by atoms with Crippen LogP contribution in [0.25, 0.3) is 0 Å². The van der Waals surface area contributed by atoms with Crippen LogP contribution < -0.4 is 10.5 Å². The van der Waals surface area contributed by atoms with Crippen molar-refractivity contribution in [3.05, 3.63) is 23.8 Å². The fraction of sp³-hybridized carbons (Fsp3) is 0.300. The smallest absolute Gasteiger partial charge is 0.344 e. The number of nitrogens with two attached hydrogens (primary N) is 1. The SMILES string of the molecule is Cc1ccc(N)c(OC(C)C(=O)O)c1. The summed E-state index contributed by atoms with van der Waals surface area (Å²) >= 11 is 0. The van der Waals surface area contributed by atoms with Gasteiger partial charge in [0.2, 0.25) is 0 Å². The van der Waals surface area contributed by atoms with Crippen molar-refractivity contribution in [2.24, 2.45) is 0 Å². The second-order valence-corrected chi connectivity index (χ2v) is 3.14. The highest BCUT2D eigenvalue weighted by Crippen LogP contribution is 2.23. The maximum Gasteiger partial charge on any atom is 0.344 e. The Morgan fingerprint density at radius 2 is 2.21 bits per heavy atom. The van der Waals surface area contributed by atoms with Gasteiger partial charge in [-0.15, -0.1) is 0 Å². The Labute approximate surface area is 82.3 Å². The van der Waals surface area contributed by atoms with Gasteiger partial charge in [-0.2, -0.15) is 0 Å². The van der Waals surface area contributed by atoms with Gasteiger partial charge >= 0.3 is 5.97 Å². The first-order valence-corrected chi connectivity index (χ1v) is 4.26. The molecule has 4 nitrogen and oxygen atoms in total. The lowest BCUT2D eigenvalue weighted by Crippen LogP contribution is -2.23. The molecular formula is C10H13NO3. The Morgan fingerprint density at radius 3 is 2.79 bits per heavy atom. The molecule has 0 aliphatic heterocycles. The number of carboxylic acids is 1. The van der Waals surface area contributed by atoms with Crippen LogP contribution in [0, 0.1) is 6.92 Å². The highest BCUT2D eigenvalue weighted by atomic mass is 16.5. The molecule has 0 aromatic heterocycles. The molecule has 0 aliphatic carbocycles. The molecule has 1 aromatic rings. The maximum absolute atomic E-state index is 10.5. The molecule has 0 fully saturated rings. The average Bonchev–Trinajstić information content (AvgIpc) is 2.11. The van der Waals surface area contributed by atoms with Gasteiger partial charge in [0.05, 0.1) is 5.69 Å². The summed E-state index contributed by atoms with van der Waals surface area (Å²) in [6.45, 7) is 3.35. The standard InChI is InChI=1S/C10H13NO3/c1-6-3-4-8(11)9(5-6)14-7(2)10(12)13/h3-5,7H,11H2,1-2H3,(H,12,13). The number of carbonyl (C=O) groups is 1. The third kappa shape index (κ3) is 2.39. The molecule has 0 spiro atoms. The quantitative estimate of drug-likeness (QED) is 0.715. The van der Waals surface area contributed by atoms with Crippen molar-refractivity contribution in [1.82, 2.24) is 0 Å². The zero-order valence-corrected chi connectivity index (χ0v) is 8.15. The van der Waals surface area contributed by atoms with Gasteiger partial charge in [0.1, 0.15) is 5.75 Å². The molecule has 1 rings (SSSR count). The lowest BCUT2D eigenvalue weighted by molar-refractivity contribution is -0.144. The summed E-state index contributed by atoms with van der Waals surface area (Å²) in [5, 5.41) is 8.64. The summed E-state index contributed by atoms with van der Waals surface area (Å²) in [6.07, 6.45) is -0.890. The van der Waals surface area contributed by atoms with Crippen molar-refractivity contribution in [2.75, 3.05) is 5.73 Å². The number of benzene rings is 1. The van der Waals surface area contributed by atoms with Gasteiger partial charge in [-0.1, -0.05) is 6.07 Å². The molecule has 14 heavy (non-hydrogen) atoms. The minimum atomic E-state index is -1.01. The Balaban J connectivity index is 2.85. The first-order valence-electron chi connectivity index (χ1n) is 4.26. The van der Waals surface area contributed by atoms with Crippen LogP contribution in [-0.2, 0) is 4.79 Å². The van der Waals surface area contributed by atoms with E-state index in [1.165, 1.54) is 6.92 Å². The number of rotatable bonds is 3. The van der Waals surface area contributed by atoms with Crippen molar-refractivity contribution in [3.8, 4) is 5.75 Å². The maximum atomic E-state index is 10.5. The number of carboxylic acid groups (broad SMARTS) is 1. The number of hydrogen-bond donors (Lipinski definition) is 2. The van der Waals surface area contributed by atoms with E-state index in [-0.39, 0.29) is 0 Å². The number of nitrogen functional groups attached to an aromatic ring is 1. The van der Waals surface area contributed by atoms with Crippen molar-refractivity contribution in [3.63, 3.8) is 0 Å². The molecule has 0 heterocycles. The van der Waals surface area contributed by atoms with E-state index in [0.717, 1.165) is 5.56 Å². The number of aliphatic carboxylic acids is 1. The van der Waals surface area contributed by atoms with Crippen molar-refractivity contribution in [2.45, 2.75) is 20.0 Å². The lowest BCUT2D eigenvalue weighted by Gasteiger charge is -2.12. The van der Waals surface area contributed by atoms with E-state index in [4.69, 9.17) is 15.6 Å². The summed E-state index contributed by atoms with van der Waals surface area (Å²) in [4.78, 5) is 10.5. The van der Waals surface area contributed by atoms with Gasteiger partial charge < -0.3 is 15.6 Å². The fourth-order valence-electron chi connectivity index (χ4n) is 0.985. The molecule has 1 atom stereocenters. The van der Waals surface area contributed by atoms with Crippen molar-refractivity contribution >= 4 is 11.7 Å². The zero-order chi connectivity index (χ0) is 10.7. The summed E-state index contributed by atoms with van der Waals surface area (Å²) in [5.41, 5.74) is 7.05. The van der Waals surface area contributed by atoms with Crippen LogP contribution in [0.5, 0.6) is 5.75 Å². The topological polar surface area (TPSA) is 72.5 Å². The summed E-state index contributed by atoms with van der Waals surface area (Å²) in [6, 6.07) is 5.25. The van der Waals surface area contributed by atoms with E-state index in [1.807, 2.05) is 13.0 Å². The van der Waals surface area contributed by atoms with Crippen molar-refractivity contribution in [1.29, 1.82) is 0 Å². The van der Waals surface area contributed by atoms with Crippen molar-refractivity contribution < 1.29 is 14.6 Å². The Hall–Kier alpha value is -1.71. The molecule has 1 unspecified atom stereocenters. The highest BCUT2D eigenvalue weighted by Gasteiger charge is 2.13. The van der Waals surface area contributed by atoms with Crippen LogP contribution in [0.3, 0.4) is 0 Å². The van der Waals surface area contributed by atoms with Crippen LogP contribution in [0.2, 0.25) is 0 Å². The number of aryl methyl sites for hydroxylation is 1. The number of ether oxygens (including phenoxy) is 1. The minimum Gasteiger partial charge on any atom is -0.479 e. The largest absolute Gasteiger partial charge is 0.479 e. The monoisotopic (exact) mass is 195 g/mol. The van der Waals surface area contributed by atoms with E-state index in [2.05, 4.69) is 0 Å². The predicted molar refractivity (Wildman–Crippen MR) is 53.3 cm³/mol. The van der Waals surface area contributed by atoms with Crippen LogP contribution in [-0.4, -0.2) is 17.2 Å². The molecule has 0 bridgehead atoms. The van der Waals surface area contributed by atoms with Gasteiger partial charge in [0.25, 0.3) is 0 Å². The van der Waals surface area contributed by atoms with E-state index in [0.29, 0.717) is 11.4 Å². The van der Waals surface area contributed by atoms with Crippen LogP contribution in [0.1, 0.15) is 12.5 Å². The zero-order valence-electron chi connectivity index (χ0n) is 8.15. The molecule has 0 saturated heterocycles. The Morgan fingerprint density at radius 1 is 1.57 bits per heavy atom. The second-order valence-electron chi connectivity index (χ2n) is 3.14. The Bertz CT molecular complexity index is 349. The van der Waals surface area contributed by atoms with Crippen LogP contribution >= 0.6 is 0 Å². The third-order valence-electron chi connectivity index (χ3n) is 1.82. The molecule has 3 N–H and O–H groups in total. The molecule has 0 aliphatic rings. The average molecular weight is 195 g/mol. The van der Waals surface area contributed by atoms with Gasteiger partial charge in [-0.05, 0) is 31.5 Å². The number of hydrogen-bond acceptors (Lipinski definition) is 3. The lowest BCUT2D eigenvalue weighted by atomic mass is 10.2. The summed E-state index contributed by atoms with van der Waals surface area (Å²) in [5.74, 6) is -0.592. The normalized spacial score (nSPS) is 12.1. The van der Waals surface area contributed by atoms with Gasteiger partial charge in [0.15, 0.2) is 6.10 Å². The van der Waals surface area contributed by atoms with E-state index in [1.54, 1.807) is 12.1 Å². The summed E-state index contributed by atoms with van der Waals surface area (Å²) in [7, 11) is 0. The first-order chi connectivity index (χ1) is 6.50. The molecule has 4 heteroatoms. The number of anilines is 1. The summed E-state index contributed by atoms with van der Waals surface area (Å²) < 4.78 is 5.16. The molecule has 76 valence electrons. The van der Waals surface area contributed by atoms with Crippen LogP contribution in [0.4, 0.5) is 5.69 Å². The molecule has 0 radical (unpaired) electrons. The molecule has 0 saturated carbocycles. The Kier molecular flexibility index (Phi) is 2.96.